The lowest BCUT2D eigenvalue weighted by Crippen LogP contribution is -2.39. The van der Waals surface area contributed by atoms with Crippen molar-refractivity contribution < 1.29 is 9.72 Å². The number of nitrogens with two attached hydrogens (primary N) is 1. The first kappa shape index (κ1) is 13.3. The van der Waals surface area contributed by atoms with Gasteiger partial charge in [0, 0.05) is 19.2 Å². The highest BCUT2D eigenvalue weighted by Gasteiger charge is 2.26. The van der Waals surface area contributed by atoms with Crippen molar-refractivity contribution in [1.82, 2.24) is 4.90 Å². The Morgan fingerprint density at radius 2 is 2.26 bits per heavy atom. The highest BCUT2D eigenvalue weighted by atomic mass is 16.6. The number of nitrogens with zero attached hydrogens (tertiary/aromatic N) is 2. The maximum atomic E-state index is 12.4. The molecular formula is C13H17N3O3. The van der Waals surface area contributed by atoms with E-state index in [2.05, 4.69) is 6.92 Å². The number of likely N-dealkylation sites (tertiary alicyclic amines) is 1. The number of hydrogen-bond donors (Lipinski definition) is 1. The first-order valence-corrected chi connectivity index (χ1v) is 6.33. The second-order valence-corrected chi connectivity index (χ2v) is 4.99. The largest absolute Gasteiger partial charge is 0.393 e. The number of anilines is 1. The summed E-state index contributed by atoms with van der Waals surface area (Å²) in [4.78, 5) is 24.4. The van der Waals surface area contributed by atoms with Crippen LogP contribution in [0.2, 0.25) is 0 Å². The van der Waals surface area contributed by atoms with Gasteiger partial charge in [0.15, 0.2) is 0 Å². The van der Waals surface area contributed by atoms with E-state index in [1.165, 1.54) is 12.1 Å². The number of benzene rings is 1. The highest BCUT2D eigenvalue weighted by molar-refractivity contribution is 6.01. The molecule has 1 unspecified atom stereocenters. The van der Waals surface area contributed by atoms with Gasteiger partial charge in [-0.2, -0.15) is 0 Å². The van der Waals surface area contributed by atoms with E-state index in [0.717, 1.165) is 12.8 Å². The number of rotatable bonds is 2. The second kappa shape index (κ2) is 5.26. The van der Waals surface area contributed by atoms with Crippen molar-refractivity contribution >= 4 is 17.3 Å². The molecule has 1 fully saturated rings. The summed E-state index contributed by atoms with van der Waals surface area (Å²) in [5.74, 6) is 0.241. The van der Waals surface area contributed by atoms with Crippen LogP contribution >= 0.6 is 0 Å². The molecule has 0 spiro atoms. The predicted molar refractivity (Wildman–Crippen MR) is 71.8 cm³/mol. The molecule has 1 aliphatic heterocycles. The normalized spacial score (nSPS) is 19.2. The summed E-state index contributed by atoms with van der Waals surface area (Å²) in [6.07, 6.45) is 2.07. The number of carbonyl (C=O) groups is 1. The van der Waals surface area contributed by atoms with Gasteiger partial charge in [-0.3, -0.25) is 14.9 Å². The average Bonchev–Trinajstić information content (AvgIpc) is 2.38. The summed E-state index contributed by atoms with van der Waals surface area (Å²) in [5, 5.41) is 10.8. The zero-order chi connectivity index (χ0) is 14.0. The minimum atomic E-state index is -0.565. The van der Waals surface area contributed by atoms with Crippen LogP contribution in [-0.4, -0.2) is 28.8 Å². The van der Waals surface area contributed by atoms with Gasteiger partial charge in [0.1, 0.15) is 5.69 Å². The Hall–Kier alpha value is -2.11. The van der Waals surface area contributed by atoms with Crippen molar-refractivity contribution in [2.75, 3.05) is 18.8 Å². The first-order chi connectivity index (χ1) is 9.00. The Balaban J connectivity index is 2.28. The fraction of sp³-hybridized carbons (Fsp3) is 0.462. The maximum absolute atomic E-state index is 12.4. The molecule has 0 saturated carbocycles. The number of nitrogen functional groups attached to an aromatic ring is 1. The smallest absolute Gasteiger partial charge is 0.292 e. The lowest BCUT2D eigenvalue weighted by Gasteiger charge is -2.31. The Labute approximate surface area is 111 Å². The topological polar surface area (TPSA) is 89.5 Å². The summed E-state index contributed by atoms with van der Waals surface area (Å²) in [7, 11) is 0. The molecule has 1 aromatic carbocycles. The van der Waals surface area contributed by atoms with Crippen LogP contribution in [-0.2, 0) is 0 Å². The summed E-state index contributed by atoms with van der Waals surface area (Å²) in [6, 6.07) is 4.35. The molecule has 0 aromatic heterocycles. The average molecular weight is 263 g/mol. The van der Waals surface area contributed by atoms with Crippen molar-refractivity contribution in [3.63, 3.8) is 0 Å². The van der Waals surface area contributed by atoms with Gasteiger partial charge in [-0.25, -0.2) is 0 Å². The van der Waals surface area contributed by atoms with Crippen molar-refractivity contribution in [3.8, 4) is 0 Å². The van der Waals surface area contributed by atoms with E-state index in [9.17, 15) is 14.9 Å². The molecule has 2 rings (SSSR count). The minimum absolute atomic E-state index is 0.0456. The molecule has 1 aromatic rings. The van der Waals surface area contributed by atoms with Crippen LogP contribution in [0, 0.1) is 16.0 Å². The third-order valence-corrected chi connectivity index (χ3v) is 3.45. The number of piperidine rings is 1. The third kappa shape index (κ3) is 2.67. The number of nitro benzene ring substituents is 1. The highest BCUT2D eigenvalue weighted by Crippen LogP contribution is 2.27. The molecule has 1 aliphatic rings. The second-order valence-electron chi connectivity index (χ2n) is 4.99. The van der Waals surface area contributed by atoms with Crippen LogP contribution in [0.15, 0.2) is 18.2 Å². The number of hydrogen-bond acceptors (Lipinski definition) is 4. The summed E-state index contributed by atoms with van der Waals surface area (Å²) >= 11 is 0. The van der Waals surface area contributed by atoms with E-state index in [1.807, 2.05) is 0 Å². The molecule has 1 heterocycles. The molecule has 6 nitrogen and oxygen atoms in total. The molecule has 102 valence electrons. The number of nitro groups is 1. The van der Waals surface area contributed by atoms with Gasteiger partial charge < -0.3 is 10.6 Å². The van der Waals surface area contributed by atoms with Crippen LogP contribution in [0.1, 0.15) is 30.1 Å². The summed E-state index contributed by atoms with van der Waals surface area (Å²) in [5.41, 5.74) is 5.70. The Kier molecular flexibility index (Phi) is 3.69. The van der Waals surface area contributed by atoms with Gasteiger partial charge in [-0.15, -0.1) is 0 Å². The number of amides is 1. The SMILES string of the molecule is CC1CCCN(C(=O)c2cccc([N+](=O)[O-])c2N)C1. The molecule has 0 bridgehead atoms. The number of para-hydroxylation sites is 1. The zero-order valence-electron chi connectivity index (χ0n) is 10.8. The van der Waals surface area contributed by atoms with Crippen molar-refractivity contribution in [1.29, 1.82) is 0 Å². The van der Waals surface area contributed by atoms with Crippen molar-refractivity contribution in [3.05, 3.63) is 33.9 Å². The van der Waals surface area contributed by atoms with Gasteiger partial charge in [-0.05, 0) is 24.8 Å². The Morgan fingerprint density at radius 3 is 2.89 bits per heavy atom. The maximum Gasteiger partial charge on any atom is 0.292 e. The lowest BCUT2D eigenvalue weighted by molar-refractivity contribution is -0.383. The van der Waals surface area contributed by atoms with E-state index in [4.69, 9.17) is 5.73 Å². The molecule has 1 amide bonds. The molecule has 2 N–H and O–H groups in total. The van der Waals surface area contributed by atoms with Crippen molar-refractivity contribution in [2.24, 2.45) is 5.92 Å². The third-order valence-electron chi connectivity index (χ3n) is 3.45. The molecule has 19 heavy (non-hydrogen) atoms. The number of carbonyl (C=O) groups excluding carboxylic acids is 1. The molecular weight excluding hydrogens is 246 g/mol. The van der Waals surface area contributed by atoms with Gasteiger partial charge in [0.2, 0.25) is 0 Å². The molecule has 6 heteroatoms. The van der Waals surface area contributed by atoms with E-state index >= 15 is 0 Å². The molecule has 1 atom stereocenters. The monoisotopic (exact) mass is 263 g/mol. The molecule has 0 aliphatic carbocycles. The minimum Gasteiger partial charge on any atom is -0.393 e. The van der Waals surface area contributed by atoms with Crippen LogP contribution in [0.5, 0.6) is 0 Å². The van der Waals surface area contributed by atoms with E-state index in [-0.39, 0.29) is 22.8 Å². The summed E-state index contributed by atoms with van der Waals surface area (Å²) < 4.78 is 0. The summed E-state index contributed by atoms with van der Waals surface area (Å²) in [6.45, 7) is 3.46. The van der Waals surface area contributed by atoms with Gasteiger partial charge in [0.25, 0.3) is 11.6 Å². The molecule has 0 radical (unpaired) electrons. The van der Waals surface area contributed by atoms with Crippen molar-refractivity contribution in [2.45, 2.75) is 19.8 Å². The standard InChI is InChI=1S/C13H17N3O3/c1-9-4-3-7-15(8-9)13(17)10-5-2-6-11(12(10)14)16(18)19/h2,5-6,9H,3-4,7-8,14H2,1H3. The Morgan fingerprint density at radius 1 is 1.53 bits per heavy atom. The van der Waals surface area contributed by atoms with Gasteiger partial charge in [0.05, 0.1) is 10.5 Å². The quantitative estimate of drug-likeness (QED) is 0.502. The molecule has 1 saturated heterocycles. The zero-order valence-corrected chi connectivity index (χ0v) is 10.8. The van der Waals surface area contributed by atoms with Gasteiger partial charge in [-0.1, -0.05) is 13.0 Å². The van der Waals surface area contributed by atoms with Crippen LogP contribution in [0.4, 0.5) is 11.4 Å². The fourth-order valence-corrected chi connectivity index (χ4v) is 2.44. The Bertz CT molecular complexity index is 516. The van der Waals surface area contributed by atoms with E-state index < -0.39 is 4.92 Å². The van der Waals surface area contributed by atoms with E-state index in [0.29, 0.717) is 19.0 Å². The predicted octanol–water partition coefficient (Wildman–Crippen LogP) is 2.05. The first-order valence-electron chi connectivity index (χ1n) is 6.33. The van der Waals surface area contributed by atoms with Crippen LogP contribution in [0.25, 0.3) is 0 Å². The fourth-order valence-electron chi connectivity index (χ4n) is 2.44. The van der Waals surface area contributed by atoms with Gasteiger partial charge >= 0.3 is 0 Å². The van der Waals surface area contributed by atoms with E-state index in [1.54, 1.807) is 11.0 Å². The van der Waals surface area contributed by atoms with Crippen LogP contribution < -0.4 is 5.73 Å². The lowest BCUT2D eigenvalue weighted by atomic mass is 9.99. The van der Waals surface area contributed by atoms with Crippen LogP contribution in [0.3, 0.4) is 0 Å².